The highest BCUT2D eigenvalue weighted by Gasteiger charge is 2.30. The molecule has 1 aromatic carbocycles. The van der Waals surface area contributed by atoms with Crippen LogP contribution in [0.15, 0.2) is 30.6 Å². The molecule has 2 aliphatic heterocycles. The lowest BCUT2D eigenvalue weighted by Crippen LogP contribution is -2.42. The zero-order valence-corrected chi connectivity index (χ0v) is 14.1. The molecule has 7 nitrogen and oxygen atoms in total. The Kier molecular flexibility index (Phi) is 4.42. The lowest BCUT2D eigenvalue weighted by molar-refractivity contribution is 0.0475. The molecule has 2 aromatic rings. The van der Waals surface area contributed by atoms with Gasteiger partial charge in [0.1, 0.15) is 0 Å². The molecule has 0 aliphatic carbocycles. The van der Waals surface area contributed by atoms with E-state index >= 15 is 0 Å². The molecule has 25 heavy (non-hydrogen) atoms. The van der Waals surface area contributed by atoms with Crippen LogP contribution in [0, 0.1) is 0 Å². The minimum Gasteiger partial charge on any atom is -0.467 e. The highest BCUT2D eigenvalue weighted by Crippen LogP contribution is 2.37. The van der Waals surface area contributed by atoms with Crippen molar-refractivity contribution in [2.24, 2.45) is 0 Å². The lowest BCUT2D eigenvalue weighted by Gasteiger charge is -2.36. The fraction of sp³-hybridized carbons (Fsp3) is 0.444. The van der Waals surface area contributed by atoms with Gasteiger partial charge >= 0.3 is 6.01 Å². The van der Waals surface area contributed by atoms with E-state index in [9.17, 15) is 5.11 Å². The van der Waals surface area contributed by atoms with Gasteiger partial charge in [0.05, 0.1) is 13.2 Å². The van der Waals surface area contributed by atoms with Gasteiger partial charge in [-0.15, -0.1) is 0 Å². The zero-order valence-electron chi connectivity index (χ0n) is 14.1. The average molecular weight is 343 g/mol. The summed E-state index contributed by atoms with van der Waals surface area (Å²) in [5.74, 6) is 1.65. The van der Waals surface area contributed by atoms with Crippen LogP contribution in [0.25, 0.3) is 0 Å². The first-order valence-corrected chi connectivity index (χ1v) is 8.38. The van der Waals surface area contributed by atoms with E-state index in [1.807, 2.05) is 18.2 Å². The Hall–Kier alpha value is -2.38. The Morgan fingerprint density at radius 3 is 2.80 bits per heavy atom. The summed E-state index contributed by atoms with van der Waals surface area (Å²) in [4.78, 5) is 10.5. The molecule has 4 rings (SSSR count). The maximum absolute atomic E-state index is 10.6. The topological polar surface area (TPSA) is 76.9 Å². The Labute approximate surface area is 146 Å². The third kappa shape index (κ3) is 3.38. The molecule has 132 valence electrons. The van der Waals surface area contributed by atoms with Crippen LogP contribution in [-0.2, 0) is 6.54 Å². The maximum Gasteiger partial charge on any atom is 0.316 e. The zero-order chi connectivity index (χ0) is 17.2. The van der Waals surface area contributed by atoms with Crippen molar-refractivity contribution < 1.29 is 19.3 Å². The van der Waals surface area contributed by atoms with Gasteiger partial charge in [-0.3, -0.25) is 4.90 Å². The molecule has 0 unspecified atom stereocenters. The standard InChI is InChI=1S/C18H21N3O4/c1-23-18-19-7-12(8-20-18)9-21-5-4-14(15(22)10-21)13-2-3-16-17(6-13)25-11-24-16/h2-3,6-8,14-15,22H,4-5,9-11H2,1H3/t14-,15+/m0/s1. The number of fused-ring (bicyclic) bond motifs is 1. The van der Waals surface area contributed by atoms with Crippen LogP contribution in [0.1, 0.15) is 23.5 Å². The summed E-state index contributed by atoms with van der Waals surface area (Å²) >= 11 is 0. The van der Waals surface area contributed by atoms with Crippen molar-refractivity contribution in [1.29, 1.82) is 0 Å². The fourth-order valence-electron chi connectivity index (χ4n) is 3.46. The molecule has 2 aliphatic rings. The molecule has 3 heterocycles. The van der Waals surface area contributed by atoms with Gasteiger partial charge in [-0.2, -0.15) is 0 Å². The van der Waals surface area contributed by atoms with Gasteiger partial charge in [0.25, 0.3) is 0 Å². The lowest BCUT2D eigenvalue weighted by atomic mass is 9.87. The minimum atomic E-state index is -0.423. The van der Waals surface area contributed by atoms with E-state index < -0.39 is 6.10 Å². The Morgan fingerprint density at radius 2 is 2.04 bits per heavy atom. The first kappa shape index (κ1) is 16.1. The number of likely N-dealkylation sites (tertiary alicyclic amines) is 1. The number of ether oxygens (including phenoxy) is 3. The number of rotatable bonds is 4. The number of hydrogen-bond donors (Lipinski definition) is 1. The molecule has 0 radical (unpaired) electrons. The van der Waals surface area contributed by atoms with Crippen molar-refractivity contribution in [2.45, 2.75) is 25.0 Å². The molecule has 0 amide bonds. The fourth-order valence-corrected chi connectivity index (χ4v) is 3.46. The molecular formula is C18H21N3O4. The maximum atomic E-state index is 10.6. The molecule has 1 aromatic heterocycles. The molecule has 1 saturated heterocycles. The predicted molar refractivity (Wildman–Crippen MR) is 89.8 cm³/mol. The second-order valence-corrected chi connectivity index (χ2v) is 6.39. The van der Waals surface area contributed by atoms with Crippen molar-refractivity contribution in [3.05, 3.63) is 41.7 Å². The number of aliphatic hydroxyl groups is 1. The molecule has 7 heteroatoms. The Balaban J connectivity index is 1.40. The monoisotopic (exact) mass is 343 g/mol. The quantitative estimate of drug-likeness (QED) is 0.903. The van der Waals surface area contributed by atoms with Crippen LogP contribution >= 0.6 is 0 Å². The van der Waals surface area contributed by atoms with E-state index in [0.717, 1.165) is 42.1 Å². The molecule has 1 fully saturated rings. The average Bonchev–Trinajstić information content (AvgIpc) is 3.10. The number of aromatic nitrogens is 2. The highest BCUT2D eigenvalue weighted by molar-refractivity contribution is 5.45. The molecule has 2 atom stereocenters. The van der Waals surface area contributed by atoms with Gasteiger partial charge in [0.15, 0.2) is 11.5 Å². The SMILES string of the molecule is COc1ncc(CN2CC[C@@H](c3ccc4c(c3)OCO4)[C@H](O)C2)cn1. The van der Waals surface area contributed by atoms with Gasteiger partial charge in [0, 0.05) is 37.0 Å². The number of hydrogen-bond acceptors (Lipinski definition) is 7. The van der Waals surface area contributed by atoms with Gasteiger partial charge < -0.3 is 19.3 Å². The number of methoxy groups -OCH3 is 1. The van der Waals surface area contributed by atoms with Gasteiger partial charge in [-0.25, -0.2) is 9.97 Å². The Morgan fingerprint density at radius 1 is 1.24 bits per heavy atom. The van der Waals surface area contributed by atoms with Crippen LogP contribution in [0.4, 0.5) is 0 Å². The minimum absolute atomic E-state index is 0.109. The number of aliphatic hydroxyl groups excluding tert-OH is 1. The van der Waals surface area contributed by atoms with Crippen molar-refractivity contribution in [3.8, 4) is 17.5 Å². The van der Waals surface area contributed by atoms with Crippen LogP contribution in [0.2, 0.25) is 0 Å². The van der Waals surface area contributed by atoms with E-state index in [1.54, 1.807) is 19.5 Å². The van der Waals surface area contributed by atoms with E-state index in [-0.39, 0.29) is 12.7 Å². The second kappa shape index (κ2) is 6.85. The second-order valence-electron chi connectivity index (χ2n) is 6.39. The highest BCUT2D eigenvalue weighted by atomic mass is 16.7. The number of piperidine rings is 1. The van der Waals surface area contributed by atoms with Crippen molar-refractivity contribution in [2.75, 3.05) is 27.0 Å². The summed E-state index contributed by atoms with van der Waals surface area (Å²) in [6.07, 6.45) is 4.00. The van der Waals surface area contributed by atoms with Crippen LogP contribution in [0.3, 0.4) is 0 Å². The summed E-state index contributed by atoms with van der Waals surface area (Å²) in [6.45, 7) is 2.51. The first-order chi connectivity index (χ1) is 12.2. The van der Waals surface area contributed by atoms with E-state index in [2.05, 4.69) is 14.9 Å². The van der Waals surface area contributed by atoms with Crippen LogP contribution < -0.4 is 14.2 Å². The molecule has 0 saturated carbocycles. The molecular weight excluding hydrogens is 322 g/mol. The van der Waals surface area contributed by atoms with Crippen LogP contribution in [-0.4, -0.2) is 53.1 Å². The summed E-state index contributed by atoms with van der Waals surface area (Å²) in [6, 6.07) is 6.30. The number of β-amino-alcohol motifs (C(OH)–C–C–N with tert-alkyl or cyclic N) is 1. The Bertz CT molecular complexity index is 738. The normalized spacial score (nSPS) is 22.8. The predicted octanol–water partition coefficient (Wildman–Crippen LogP) is 1.56. The summed E-state index contributed by atoms with van der Waals surface area (Å²) in [5.41, 5.74) is 2.11. The van der Waals surface area contributed by atoms with E-state index in [4.69, 9.17) is 14.2 Å². The van der Waals surface area contributed by atoms with Gasteiger partial charge in [-0.05, 0) is 30.7 Å². The molecule has 0 spiro atoms. The summed E-state index contributed by atoms with van der Waals surface area (Å²) < 4.78 is 15.8. The number of benzene rings is 1. The van der Waals surface area contributed by atoms with Gasteiger partial charge in [0.2, 0.25) is 6.79 Å². The van der Waals surface area contributed by atoms with Crippen molar-refractivity contribution >= 4 is 0 Å². The molecule has 0 bridgehead atoms. The van der Waals surface area contributed by atoms with Crippen molar-refractivity contribution in [1.82, 2.24) is 14.9 Å². The third-order valence-corrected chi connectivity index (χ3v) is 4.76. The third-order valence-electron chi connectivity index (χ3n) is 4.76. The first-order valence-electron chi connectivity index (χ1n) is 8.38. The van der Waals surface area contributed by atoms with Gasteiger partial charge in [-0.1, -0.05) is 6.07 Å². The summed E-state index contributed by atoms with van der Waals surface area (Å²) in [7, 11) is 1.55. The van der Waals surface area contributed by atoms with E-state index in [1.165, 1.54) is 0 Å². The largest absolute Gasteiger partial charge is 0.467 e. The molecule has 1 N–H and O–H groups in total. The van der Waals surface area contributed by atoms with Crippen molar-refractivity contribution in [3.63, 3.8) is 0 Å². The van der Waals surface area contributed by atoms with Crippen LogP contribution in [0.5, 0.6) is 17.5 Å². The van der Waals surface area contributed by atoms with E-state index in [0.29, 0.717) is 12.6 Å². The summed E-state index contributed by atoms with van der Waals surface area (Å²) in [5, 5.41) is 10.6. The number of nitrogens with zero attached hydrogens (tertiary/aromatic N) is 3. The smallest absolute Gasteiger partial charge is 0.316 e.